The van der Waals surface area contributed by atoms with Crippen LogP contribution in [0.25, 0.3) is 11.1 Å². The number of aldehydes is 1. The Labute approximate surface area is 250 Å². The van der Waals surface area contributed by atoms with Crippen LogP contribution in [0.4, 0.5) is 17.1 Å². The van der Waals surface area contributed by atoms with Crippen LogP contribution in [0.3, 0.4) is 0 Å². The number of hydrogen-bond donors (Lipinski definition) is 1. The lowest BCUT2D eigenvalue weighted by Gasteiger charge is -2.26. The molecular weight excluding hydrogens is 522 g/mol. The number of ether oxygens (including phenoxy) is 2. The van der Waals surface area contributed by atoms with Crippen LogP contribution in [-0.2, 0) is 0 Å². The fraction of sp³-hybridized carbons (Fsp3) is 0.324. The number of carbonyl (C=O) groups excluding carboxylic acids is 1. The Kier molecular flexibility index (Phi) is 11.9. The highest BCUT2D eigenvalue weighted by atomic mass is 16.5. The molecule has 5 nitrogen and oxygen atoms in total. The first-order valence-corrected chi connectivity index (χ1v) is 15.3. The molecule has 4 aromatic rings. The van der Waals surface area contributed by atoms with Crippen molar-refractivity contribution in [3.05, 3.63) is 96.6 Å². The molecule has 0 saturated carbocycles. The largest absolute Gasteiger partial charge is 0.507 e. The van der Waals surface area contributed by atoms with E-state index in [0.29, 0.717) is 6.29 Å². The normalized spacial score (nSPS) is 10.8. The Morgan fingerprint density at radius 1 is 0.595 bits per heavy atom. The van der Waals surface area contributed by atoms with Gasteiger partial charge < -0.3 is 19.5 Å². The molecule has 0 amide bonds. The maximum atomic E-state index is 11.3. The van der Waals surface area contributed by atoms with Gasteiger partial charge in [0.15, 0.2) is 6.29 Å². The Hall–Kier alpha value is -4.25. The summed E-state index contributed by atoms with van der Waals surface area (Å²) in [5, 5.41) is 9.90. The van der Waals surface area contributed by atoms with Gasteiger partial charge in [0.05, 0.1) is 18.8 Å². The second-order valence-corrected chi connectivity index (χ2v) is 10.6. The van der Waals surface area contributed by atoms with Crippen LogP contribution in [0.5, 0.6) is 17.2 Å². The molecule has 0 spiro atoms. The topological polar surface area (TPSA) is 59.0 Å². The SMILES string of the molecule is CCCCCCOc1ccc(N(c2ccc(OCCCCCC)cc2)c2ccc(-c3ccc(O)c(C=O)c3)cc2)cc1. The molecule has 0 heterocycles. The highest BCUT2D eigenvalue weighted by Gasteiger charge is 2.14. The highest BCUT2D eigenvalue weighted by molar-refractivity contribution is 5.83. The molecule has 0 aromatic heterocycles. The van der Waals surface area contributed by atoms with Gasteiger partial charge in [0.2, 0.25) is 0 Å². The van der Waals surface area contributed by atoms with E-state index in [1.807, 2.05) is 42.5 Å². The van der Waals surface area contributed by atoms with E-state index in [1.54, 1.807) is 12.1 Å². The molecule has 5 heteroatoms. The van der Waals surface area contributed by atoms with Crippen molar-refractivity contribution >= 4 is 23.3 Å². The molecule has 0 bridgehead atoms. The Morgan fingerprint density at radius 2 is 1.05 bits per heavy atom. The standard InChI is InChI=1S/C37H43NO4/c1-3-5-7-9-25-41-35-20-16-33(17-21-35)38(34-18-22-36(23-19-34)42-26-10-8-6-4-2)32-14-11-29(12-15-32)30-13-24-37(40)31(27-30)28-39/h11-24,27-28,40H,3-10,25-26H2,1-2H3. The van der Waals surface area contributed by atoms with Crippen molar-refractivity contribution in [3.63, 3.8) is 0 Å². The van der Waals surface area contributed by atoms with Gasteiger partial charge in [-0.3, -0.25) is 4.79 Å². The van der Waals surface area contributed by atoms with E-state index in [4.69, 9.17) is 9.47 Å². The summed E-state index contributed by atoms with van der Waals surface area (Å²) in [5.74, 6) is 1.73. The molecule has 0 aliphatic rings. The third-order valence-electron chi connectivity index (χ3n) is 7.34. The van der Waals surface area contributed by atoms with Gasteiger partial charge in [0, 0.05) is 17.1 Å². The van der Waals surface area contributed by atoms with Gasteiger partial charge in [-0.1, -0.05) is 70.6 Å². The van der Waals surface area contributed by atoms with Crippen LogP contribution >= 0.6 is 0 Å². The first-order chi connectivity index (χ1) is 20.6. The maximum Gasteiger partial charge on any atom is 0.153 e. The third kappa shape index (κ3) is 8.62. The van der Waals surface area contributed by atoms with Crippen LogP contribution in [0.2, 0.25) is 0 Å². The summed E-state index contributed by atoms with van der Waals surface area (Å²) >= 11 is 0. The summed E-state index contributed by atoms with van der Waals surface area (Å²) in [6, 6.07) is 29.7. The average Bonchev–Trinajstić information content (AvgIpc) is 3.03. The van der Waals surface area contributed by atoms with E-state index < -0.39 is 0 Å². The van der Waals surface area contributed by atoms with Gasteiger partial charge in [-0.05, 0) is 96.8 Å². The lowest BCUT2D eigenvalue weighted by atomic mass is 10.0. The van der Waals surface area contributed by atoms with Crippen LogP contribution in [0.1, 0.15) is 75.6 Å². The molecule has 0 fully saturated rings. The lowest BCUT2D eigenvalue weighted by Crippen LogP contribution is -2.10. The minimum absolute atomic E-state index is 0.0154. The van der Waals surface area contributed by atoms with E-state index in [9.17, 15) is 9.90 Å². The second kappa shape index (κ2) is 16.3. The molecule has 0 radical (unpaired) electrons. The molecule has 0 aliphatic carbocycles. The zero-order valence-electron chi connectivity index (χ0n) is 24.9. The molecule has 0 unspecified atom stereocenters. The second-order valence-electron chi connectivity index (χ2n) is 10.6. The molecular formula is C37H43NO4. The molecule has 1 N–H and O–H groups in total. The van der Waals surface area contributed by atoms with Crippen molar-refractivity contribution in [1.29, 1.82) is 0 Å². The monoisotopic (exact) mass is 565 g/mol. The summed E-state index contributed by atoms with van der Waals surface area (Å²) in [6.45, 7) is 5.89. The molecule has 0 saturated heterocycles. The van der Waals surface area contributed by atoms with E-state index >= 15 is 0 Å². The Bertz CT molecular complexity index is 1310. The summed E-state index contributed by atoms with van der Waals surface area (Å²) in [6.07, 6.45) is 10.1. The van der Waals surface area contributed by atoms with Crippen molar-refractivity contribution in [2.24, 2.45) is 0 Å². The number of benzene rings is 4. The first kappa shape index (κ1) is 30.7. The Morgan fingerprint density at radius 3 is 1.50 bits per heavy atom. The number of carbonyl (C=O) groups is 1. The van der Waals surface area contributed by atoms with Crippen molar-refractivity contribution in [1.82, 2.24) is 0 Å². The summed E-state index contributed by atoms with van der Waals surface area (Å²) < 4.78 is 12.0. The number of phenolic OH excluding ortho intramolecular Hbond substituents is 1. The van der Waals surface area contributed by atoms with Gasteiger partial charge in [0.25, 0.3) is 0 Å². The third-order valence-corrected chi connectivity index (χ3v) is 7.34. The smallest absolute Gasteiger partial charge is 0.153 e. The minimum Gasteiger partial charge on any atom is -0.507 e. The van der Waals surface area contributed by atoms with E-state index in [0.717, 1.165) is 65.7 Å². The van der Waals surface area contributed by atoms with Crippen molar-refractivity contribution < 1.29 is 19.4 Å². The summed E-state index contributed by atoms with van der Waals surface area (Å²) in [5.41, 5.74) is 5.13. The molecule has 4 rings (SSSR count). The van der Waals surface area contributed by atoms with Gasteiger partial charge in [-0.25, -0.2) is 0 Å². The predicted molar refractivity (Wildman–Crippen MR) is 173 cm³/mol. The van der Waals surface area contributed by atoms with Crippen LogP contribution in [0.15, 0.2) is 91.0 Å². The fourth-order valence-corrected chi connectivity index (χ4v) is 4.90. The number of rotatable bonds is 17. The highest BCUT2D eigenvalue weighted by Crippen LogP contribution is 2.37. The zero-order chi connectivity index (χ0) is 29.6. The fourth-order valence-electron chi connectivity index (χ4n) is 4.90. The van der Waals surface area contributed by atoms with E-state index in [2.05, 4.69) is 55.1 Å². The van der Waals surface area contributed by atoms with E-state index in [-0.39, 0.29) is 11.3 Å². The first-order valence-electron chi connectivity index (χ1n) is 15.3. The Balaban J connectivity index is 1.56. The van der Waals surface area contributed by atoms with Gasteiger partial charge in [-0.15, -0.1) is 0 Å². The van der Waals surface area contributed by atoms with Crippen LogP contribution in [-0.4, -0.2) is 24.6 Å². The van der Waals surface area contributed by atoms with Crippen molar-refractivity contribution in [2.45, 2.75) is 65.2 Å². The minimum atomic E-state index is -0.0154. The number of nitrogens with zero attached hydrogens (tertiary/aromatic N) is 1. The number of aromatic hydroxyl groups is 1. The number of anilines is 3. The van der Waals surface area contributed by atoms with Crippen molar-refractivity contribution in [2.75, 3.05) is 18.1 Å². The average molecular weight is 566 g/mol. The summed E-state index contributed by atoms with van der Waals surface area (Å²) in [4.78, 5) is 13.5. The van der Waals surface area contributed by atoms with Crippen molar-refractivity contribution in [3.8, 4) is 28.4 Å². The van der Waals surface area contributed by atoms with Crippen LogP contribution in [0, 0.1) is 0 Å². The van der Waals surface area contributed by atoms with E-state index in [1.165, 1.54) is 38.5 Å². The lowest BCUT2D eigenvalue weighted by molar-refractivity contribution is 0.112. The molecule has 0 atom stereocenters. The molecule has 220 valence electrons. The van der Waals surface area contributed by atoms with Crippen LogP contribution < -0.4 is 14.4 Å². The quantitative estimate of drug-likeness (QED) is 0.102. The zero-order valence-corrected chi connectivity index (χ0v) is 24.9. The number of phenols is 1. The molecule has 4 aromatic carbocycles. The van der Waals surface area contributed by atoms with Gasteiger partial charge in [-0.2, -0.15) is 0 Å². The predicted octanol–water partition coefficient (Wildman–Crippen LogP) is 10.3. The summed E-state index contributed by atoms with van der Waals surface area (Å²) in [7, 11) is 0. The van der Waals surface area contributed by atoms with Gasteiger partial charge >= 0.3 is 0 Å². The maximum absolute atomic E-state index is 11.3. The number of unbranched alkanes of at least 4 members (excludes halogenated alkanes) is 6. The molecule has 42 heavy (non-hydrogen) atoms. The van der Waals surface area contributed by atoms with Gasteiger partial charge in [0.1, 0.15) is 17.2 Å². The molecule has 0 aliphatic heterocycles. The number of hydrogen-bond acceptors (Lipinski definition) is 5.